The Morgan fingerprint density at radius 1 is 1.33 bits per heavy atom. The predicted molar refractivity (Wildman–Crippen MR) is 62.3 cm³/mol. The molecule has 0 radical (unpaired) electrons. The highest BCUT2D eigenvalue weighted by atomic mass is 32.1. The first-order valence-corrected chi connectivity index (χ1v) is 5.12. The normalized spacial score (nSPS) is 25.6. The fourth-order valence-corrected chi connectivity index (χ4v) is 2.03. The molecule has 1 aliphatic rings. The molecule has 0 saturated carbocycles. The van der Waals surface area contributed by atoms with Crippen molar-refractivity contribution >= 4 is 23.2 Å². The number of benzene rings is 1. The van der Waals surface area contributed by atoms with Crippen LogP contribution in [-0.2, 0) is 10.3 Å². The third-order valence-corrected chi connectivity index (χ3v) is 3.12. The van der Waals surface area contributed by atoms with E-state index < -0.39 is 5.54 Å². The van der Waals surface area contributed by atoms with Crippen molar-refractivity contribution in [2.45, 2.75) is 12.5 Å². The Hall–Kier alpha value is -1.42. The van der Waals surface area contributed by atoms with Gasteiger partial charge in [0.2, 0.25) is 0 Å². The molecule has 0 spiro atoms. The molecule has 0 aliphatic carbocycles. The fourth-order valence-electron chi connectivity index (χ4n) is 1.75. The number of hydrogen-bond acceptors (Lipinski definition) is 2. The van der Waals surface area contributed by atoms with Gasteiger partial charge in [0.15, 0.2) is 5.11 Å². The van der Waals surface area contributed by atoms with E-state index in [1.165, 1.54) is 4.90 Å². The van der Waals surface area contributed by atoms with Crippen LogP contribution in [0.4, 0.5) is 0 Å². The van der Waals surface area contributed by atoms with Crippen LogP contribution in [0.2, 0.25) is 0 Å². The fraction of sp³-hybridized carbons (Fsp3) is 0.273. The van der Waals surface area contributed by atoms with Crippen molar-refractivity contribution in [3.8, 4) is 0 Å². The topological polar surface area (TPSA) is 32.3 Å². The molecule has 0 bridgehead atoms. The Balaban J connectivity index is 2.45. The SMILES string of the molecule is CN1C(=O)C(C)(c2ccccc2)NC1=S. The minimum absolute atomic E-state index is 0.0151. The summed E-state index contributed by atoms with van der Waals surface area (Å²) in [6, 6.07) is 9.60. The molecule has 1 fully saturated rings. The molecule has 1 aliphatic heterocycles. The van der Waals surface area contributed by atoms with E-state index >= 15 is 0 Å². The average molecular weight is 220 g/mol. The molecule has 1 unspecified atom stereocenters. The summed E-state index contributed by atoms with van der Waals surface area (Å²) in [4.78, 5) is 13.5. The van der Waals surface area contributed by atoms with E-state index in [1.54, 1.807) is 7.05 Å². The van der Waals surface area contributed by atoms with E-state index in [0.717, 1.165) is 5.56 Å². The van der Waals surface area contributed by atoms with Crippen LogP contribution in [-0.4, -0.2) is 23.0 Å². The van der Waals surface area contributed by atoms with Gasteiger partial charge in [-0.25, -0.2) is 0 Å². The Morgan fingerprint density at radius 3 is 2.40 bits per heavy atom. The predicted octanol–water partition coefficient (Wildman–Crippen LogP) is 1.25. The summed E-state index contributed by atoms with van der Waals surface area (Å²) in [7, 11) is 1.69. The molecule has 78 valence electrons. The van der Waals surface area contributed by atoms with E-state index in [1.807, 2.05) is 37.3 Å². The molecule has 4 heteroatoms. The van der Waals surface area contributed by atoms with Gasteiger partial charge < -0.3 is 5.32 Å². The quantitative estimate of drug-likeness (QED) is 0.723. The number of rotatable bonds is 1. The summed E-state index contributed by atoms with van der Waals surface area (Å²) in [6.07, 6.45) is 0. The summed E-state index contributed by atoms with van der Waals surface area (Å²) < 4.78 is 0. The highest BCUT2D eigenvalue weighted by Crippen LogP contribution is 2.27. The molecule has 1 aromatic carbocycles. The van der Waals surface area contributed by atoms with Crippen LogP contribution in [0.15, 0.2) is 30.3 Å². The molecular weight excluding hydrogens is 208 g/mol. The largest absolute Gasteiger partial charge is 0.344 e. The minimum atomic E-state index is -0.715. The second kappa shape index (κ2) is 3.31. The smallest absolute Gasteiger partial charge is 0.258 e. The van der Waals surface area contributed by atoms with Crippen molar-refractivity contribution in [3.05, 3.63) is 35.9 Å². The van der Waals surface area contributed by atoms with Gasteiger partial charge in [0, 0.05) is 7.05 Å². The molecule has 1 N–H and O–H groups in total. The van der Waals surface area contributed by atoms with Crippen LogP contribution in [0.25, 0.3) is 0 Å². The standard InChI is InChI=1S/C11H12N2OS/c1-11(8-6-4-3-5-7-8)9(14)13(2)10(15)12-11/h3-7H,1-2H3,(H,12,15). The third kappa shape index (κ3) is 1.41. The van der Waals surface area contributed by atoms with Crippen molar-refractivity contribution in [1.82, 2.24) is 10.2 Å². The molecule has 15 heavy (non-hydrogen) atoms. The molecular formula is C11H12N2OS. The van der Waals surface area contributed by atoms with Gasteiger partial charge in [-0.05, 0) is 24.7 Å². The van der Waals surface area contributed by atoms with Crippen LogP contribution in [0.3, 0.4) is 0 Å². The Bertz CT molecular complexity index is 418. The number of amides is 1. The van der Waals surface area contributed by atoms with E-state index in [2.05, 4.69) is 5.32 Å². The van der Waals surface area contributed by atoms with Crippen molar-refractivity contribution < 1.29 is 4.79 Å². The summed E-state index contributed by atoms with van der Waals surface area (Å²) in [5.41, 5.74) is 0.217. The van der Waals surface area contributed by atoms with Gasteiger partial charge in [0.1, 0.15) is 5.54 Å². The molecule has 2 rings (SSSR count). The van der Waals surface area contributed by atoms with E-state index in [9.17, 15) is 4.79 Å². The molecule has 3 nitrogen and oxygen atoms in total. The third-order valence-electron chi connectivity index (χ3n) is 2.75. The van der Waals surface area contributed by atoms with Crippen molar-refractivity contribution in [2.24, 2.45) is 0 Å². The van der Waals surface area contributed by atoms with Crippen LogP contribution in [0.5, 0.6) is 0 Å². The summed E-state index contributed by atoms with van der Waals surface area (Å²) in [6.45, 7) is 1.85. The van der Waals surface area contributed by atoms with Crippen LogP contribution >= 0.6 is 12.2 Å². The van der Waals surface area contributed by atoms with Gasteiger partial charge in [0.05, 0.1) is 0 Å². The first kappa shape index (κ1) is 10.1. The minimum Gasteiger partial charge on any atom is -0.344 e. The van der Waals surface area contributed by atoms with E-state index in [0.29, 0.717) is 5.11 Å². The maximum atomic E-state index is 12.0. The molecule has 1 saturated heterocycles. The first-order chi connectivity index (χ1) is 7.05. The lowest BCUT2D eigenvalue weighted by atomic mass is 9.92. The number of likely N-dealkylation sites (N-methyl/N-ethyl adjacent to an activating group) is 1. The van der Waals surface area contributed by atoms with Crippen LogP contribution < -0.4 is 5.32 Å². The average Bonchev–Trinajstić information content (AvgIpc) is 2.45. The Kier molecular flexibility index (Phi) is 2.23. The highest BCUT2D eigenvalue weighted by Gasteiger charge is 2.45. The van der Waals surface area contributed by atoms with Crippen molar-refractivity contribution in [1.29, 1.82) is 0 Å². The van der Waals surface area contributed by atoms with E-state index in [4.69, 9.17) is 12.2 Å². The number of thiocarbonyl (C=S) groups is 1. The molecule has 1 aromatic rings. The number of nitrogens with one attached hydrogen (secondary N) is 1. The van der Waals surface area contributed by atoms with E-state index in [-0.39, 0.29) is 5.91 Å². The number of hydrogen-bond donors (Lipinski definition) is 1. The number of carbonyl (C=O) groups excluding carboxylic acids is 1. The molecule has 1 heterocycles. The lowest BCUT2D eigenvalue weighted by Gasteiger charge is -2.21. The molecule has 0 aromatic heterocycles. The zero-order chi connectivity index (χ0) is 11.1. The first-order valence-electron chi connectivity index (χ1n) is 4.71. The van der Waals surface area contributed by atoms with Gasteiger partial charge in [0.25, 0.3) is 5.91 Å². The zero-order valence-electron chi connectivity index (χ0n) is 8.65. The maximum Gasteiger partial charge on any atom is 0.258 e. The van der Waals surface area contributed by atoms with Crippen molar-refractivity contribution in [2.75, 3.05) is 7.05 Å². The van der Waals surface area contributed by atoms with Crippen LogP contribution in [0, 0.1) is 0 Å². The monoisotopic (exact) mass is 220 g/mol. The highest BCUT2D eigenvalue weighted by molar-refractivity contribution is 7.80. The Labute approximate surface area is 94.1 Å². The number of nitrogens with zero attached hydrogens (tertiary/aromatic N) is 1. The summed E-state index contributed by atoms with van der Waals surface area (Å²) in [5, 5.41) is 3.53. The van der Waals surface area contributed by atoms with Gasteiger partial charge in [-0.1, -0.05) is 30.3 Å². The second-order valence-electron chi connectivity index (χ2n) is 3.79. The van der Waals surface area contributed by atoms with Crippen LogP contribution in [0.1, 0.15) is 12.5 Å². The van der Waals surface area contributed by atoms with Gasteiger partial charge in [-0.3, -0.25) is 9.69 Å². The van der Waals surface area contributed by atoms with Gasteiger partial charge >= 0.3 is 0 Å². The summed E-state index contributed by atoms with van der Waals surface area (Å²) >= 11 is 5.06. The maximum absolute atomic E-state index is 12.0. The molecule has 1 amide bonds. The second-order valence-corrected chi connectivity index (χ2v) is 4.17. The zero-order valence-corrected chi connectivity index (χ0v) is 9.47. The van der Waals surface area contributed by atoms with Gasteiger partial charge in [-0.2, -0.15) is 0 Å². The van der Waals surface area contributed by atoms with Crippen molar-refractivity contribution in [3.63, 3.8) is 0 Å². The summed E-state index contributed by atoms with van der Waals surface area (Å²) in [5.74, 6) is -0.0151. The lowest BCUT2D eigenvalue weighted by molar-refractivity contribution is -0.129. The lowest BCUT2D eigenvalue weighted by Crippen LogP contribution is -2.40. The molecule has 1 atom stereocenters. The van der Waals surface area contributed by atoms with Gasteiger partial charge in [-0.15, -0.1) is 0 Å². The number of carbonyl (C=O) groups is 1. The Morgan fingerprint density at radius 2 is 1.93 bits per heavy atom.